The minimum Gasteiger partial charge on any atom is -0.493 e. The number of aryl methyl sites for hydroxylation is 2. The van der Waals surface area contributed by atoms with Crippen LogP contribution in [0.1, 0.15) is 29.4 Å². The smallest absolute Gasteiger partial charge is 0.203 e. The van der Waals surface area contributed by atoms with E-state index in [0.29, 0.717) is 23.8 Å². The van der Waals surface area contributed by atoms with Gasteiger partial charge in [-0.05, 0) is 50.5 Å². The molecule has 0 fully saturated rings. The van der Waals surface area contributed by atoms with Crippen LogP contribution in [-0.4, -0.2) is 50.2 Å². The van der Waals surface area contributed by atoms with Gasteiger partial charge in [-0.15, -0.1) is 0 Å². The normalized spacial score (nSPS) is 11.3. The van der Waals surface area contributed by atoms with Gasteiger partial charge in [-0.2, -0.15) is 5.10 Å². The average Bonchev–Trinajstić information content (AvgIpc) is 2.96. The third-order valence-electron chi connectivity index (χ3n) is 4.81. The fourth-order valence-corrected chi connectivity index (χ4v) is 3.22. The van der Waals surface area contributed by atoms with E-state index in [1.165, 1.54) is 11.3 Å². The number of hydrogen-bond acceptors (Lipinski definition) is 5. The molecule has 0 atom stereocenters. The Labute approximate surface area is 173 Å². The van der Waals surface area contributed by atoms with Crippen LogP contribution in [0.3, 0.4) is 0 Å². The molecule has 2 N–H and O–H groups in total. The molecule has 0 unspecified atom stereocenters. The Morgan fingerprint density at radius 2 is 1.72 bits per heavy atom. The maximum atomic E-state index is 5.42. The number of nitrogens with zero attached hydrogens (tertiary/aromatic N) is 3. The molecule has 0 spiro atoms. The van der Waals surface area contributed by atoms with Crippen LogP contribution >= 0.6 is 0 Å². The highest BCUT2D eigenvalue weighted by atomic mass is 16.5. The first-order valence-electron chi connectivity index (χ1n) is 9.75. The predicted octanol–water partition coefficient (Wildman–Crippen LogP) is 2.36. The molecule has 0 aliphatic carbocycles. The molecule has 2 rings (SSSR count). The van der Waals surface area contributed by atoms with Crippen LogP contribution in [0.2, 0.25) is 0 Å². The summed E-state index contributed by atoms with van der Waals surface area (Å²) in [6, 6.07) is 3.83. The van der Waals surface area contributed by atoms with Crippen molar-refractivity contribution in [1.29, 1.82) is 0 Å². The van der Waals surface area contributed by atoms with Crippen LogP contribution in [0.4, 0.5) is 0 Å². The fourth-order valence-electron chi connectivity index (χ4n) is 3.22. The second-order valence-electron chi connectivity index (χ2n) is 6.68. The number of aliphatic imine (C=N–C) groups is 1. The molecule has 0 amide bonds. The third kappa shape index (κ3) is 5.56. The number of nitrogens with one attached hydrogen (secondary N) is 2. The number of aromatic nitrogens is 2. The molecule has 8 nitrogen and oxygen atoms in total. The van der Waals surface area contributed by atoms with E-state index in [0.717, 1.165) is 36.7 Å². The summed E-state index contributed by atoms with van der Waals surface area (Å²) >= 11 is 0. The third-order valence-corrected chi connectivity index (χ3v) is 4.81. The summed E-state index contributed by atoms with van der Waals surface area (Å²) in [6.07, 6.45) is 0.889. The second kappa shape index (κ2) is 10.6. The van der Waals surface area contributed by atoms with E-state index in [1.54, 1.807) is 21.3 Å². The monoisotopic (exact) mass is 403 g/mol. The number of guanidine groups is 1. The topological polar surface area (TPSA) is 81.9 Å². The van der Waals surface area contributed by atoms with Crippen molar-refractivity contribution in [2.45, 2.75) is 33.7 Å². The summed E-state index contributed by atoms with van der Waals surface area (Å²) in [5.74, 6) is 2.59. The summed E-state index contributed by atoms with van der Waals surface area (Å²) in [5.41, 5.74) is 4.52. The predicted molar refractivity (Wildman–Crippen MR) is 115 cm³/mol. The van der Waals surface area contributed by atoms with Crippen molar-refractivity contribution in [3.8, 4) is 17.2 Å². The molecule has 0 saturated carbocycles. The van der Waals surface area contributed by atoms with E-state index in [4.69, 9.17) is 19.2 Å². The van der Waals surface area contributed by atoms with Crippen molar-refractivity contribution in [2.75, 3.05) is 34.4 Å². The van der Waals surface area contributed by atoms with E-state index < -0.39 is 0 Å². The van der Waals surface area contributed by atoms with Crippen LogP contribution in [0.5, 0.6) is 17.2 Å². The zero-order chi connectivity index (χ0) is 21.4. The summed E-state index contributed by atoms with van der Waals surface area (Å²) in [6.45, 7) is 8.23. The quantitative estimate of drug-likeness (QED) is 0.494. The fraction of sp³-hybridized carbons (Fsp3) is 0.524. The molecule has 0 aliphatic heterocycles. The minimum absolute atomic E-state index is 0.483. The van der Waals surface area contributed by atoms with Crippen LogP contribution in [-0.2, 0) is 20.0 Å². The molecule has 8 heteroatoms. The lowest BCUT2D eigenvalue weighted by atomic mass is 10.1. The van der Waals surface area contributed by atoms with Gasteiger partial charge in [0.05, 0.1) is 33.6 Å². The van der Waals surface area contributed by atoms with E-state index in [2.05, 4.69) is 22.7 Å². The minimum atomic E-state index is 0.483. The molecule has 2 aromatic rings. The first-order valence-corrected chi connectivity index (χ1v) is 9.75. The van der Waals surface area contributed by atoms with E-state index in [9.17, 15) is 0 Å². The van der Waals surface area contributed by atoms with Crippen LogP contribution in [0.15, 0.2) is 17.1 Å². The highest BCUT2D eigenvalue weighted by Crippen LogP contribution is 2.38. The molecular formula is C21H33N5O3. The Bertz CT molecular complexity index is 820. The second-order valence-corrected chi connectivity index (χ2v) is 6.68. The summed E-state index contributed by atoms with van der Waals surface area (Å²) in [4.78, 5) is 4.69. The number of rotatable bonds is 9. The van der Waals surface area contributed by atoms with E-state index in [-0.39, 0.29) is 0 Å². The highest BCUT2D eigenvalue weighted by molar-refractivity contribution is 5.79. The average molecular weight is 404 g/mol. The lowest BCUT2D eigenvalue weighted by Crippen LogP contribution is -2.38. The van der Waals surface area contributed by atoms with Crippen molar-refractivity contribution >= 4 is 5.96 Å². The molecule has 1 aromatic carbocycles. The van der Waals surface area contributed by atoms with Gasteiger partial charge in [0, 0.05) is 25.8 Å². The van der Waals surface area contributed by atoms with E-state index >= 15 is 0 Å². The number of benzene rings is 1. The SMILES string of the molecule is CCNC(=NCc1cc(OC)c(OC)c(OC)c1)NCCc1c(C)nn(C)c1C. The van der Waals surface area contributed by atoms with Gasteiger partial charge in [0.15, 0.2) is 17.5 Å². The molecule has 0 bridgehead atoms. The van der Waals surface area contributed by atoms with Crippen molar-refractivity contribution in [2.24, 2.45) is 12.0 Å². The maximum Gasteiger partial charge on any atom is 0.203 e. The Morgan fingerprint density at radius 3 is 2.21 bits per heavy atom. The number of ether oxygens (including phenoxy) is 3. The summed E-state index contributed by atoms with van der Waals surface area (Å²) in [5, 5.41) is 11.2. The zero-order valence-corrected chi connectivity index (χ0v) is 18.5. The van der Waals surface area contributed by atoms with Crippen LogP contribution < -0.4 is 24.8 Å². The number of hydrogen-bond donors (Lipinski definition) is 2. The van der Waals surface area contributed by atoms with Gasteiger partial charge in [-0.3, -0.25) is 4.68 Å². The molecular weight excluding hydrogens is 370 g/mol. The Balaban J connectivity index is 2.08. The van der Waals surface area contributed by atoms with Crippen LogP contribution in [0, 0.1) is 13.8 Å². The first kappa shape index (κ1) is 22.4. The van der Waals surface area contributed by atoms with Crippen molar-refractivity contribution in [3.63, 3.8) is 0 Å². The molecule has 1 aromatic heterocycles. The number of methoxy groups -OCH3 is 3. The Morgan fingerprint density at radius 1 is 1.07 bits per heavy atom. The molecule has 0 saturated heterocycles. The van der Waals surface area contributed by atoms with Gasteiger partial charge < -0.3 is 24.8 Å². The van der Waals surface area contributed by atoms with Crippen molar-refractivity contribution in [3.05, 3.63) is 34.6 Å². The van der Waals surface area contributed by atoms with Gasteiger partial charge in [-0.25, -0.2) is 4.99 Å². The molecule has 160 valence electrons. The van der Waals surface area contributed by atoms with Gasteiger partial charge in [0.25, 0.3) is 0 Å². The standard InChI is InChI=1S/C21H33N5O3/c1-8-22-21(23-10-9-17-14(2)25-26(4)15(17)3)24-13-16-11-18(27-5)20(29-7)19(12-16)28-6/h11-12H,8-10,13H2,1-7H3,(H2,22,23,24). The van der Waals surface area contributed by atoms with Crippen molar-refractivity contribution in [1.82, 2.24) is 20.4 Å². The molecule has 0 aliphatic rings. The van der Waals surface area contributed by atoms with Crippen molar-refractivity contribution < 1.29 is 14.2 Å². The zero-order valence-electron chi connectivity index (χ0n) is 18.5. The molecule has 1 heterocycles. The Kier molecular flexibility index (Phi) is 8.18. The Hall–Kier alpha value is -2.90. The molecule has 0 radical (unpaired) electrons. The van der Waals surface area contributed by atoms with Gasteiger partial charge in [0.2, 0.25) is 5.75 Å². The van der Waals surface area contributed by atoms with Gasteiger partial charge >= 0.3 is 0 Å². The van der Waals surface area contributed by atoms with Crippen LogP contribution in [0.25, 0.3) is 0 Å². The maximum absolute atomic E-state index is 5.42. The largest absolute Gasteiger partial charge is 0.493 e. The summed E-state index contributed by atoms with van der Waals surface area (Å²) in [7, 11) is 6.79. The van der Waals surface area contributed by atoms with Gasteiger partial charge in [-0.1, -0.05) is 0 Å². The highest BCUT2D eigenvalue weighted by Gasteiger charge is 2.13. The first-order chi connectivity index (χ1) is 13.9. The molecule has 29 heavy (non-hydrogen) atoms. The van der Waals surface area contributed by atoms with Gasteiger partial charge in [0.1, 0.15) is 0 Å². The summed E-state index contributed by atoms with van der Waals surface area (Å²) < 4.78 is 18.1. The lowest BCUT2D eigenvalue weighted by Gasteiger charge is -2.14. The van der Waals surface area contributed by atoms with E-state index in [1.807, 2.05) is 37.7 Å². The lowest BCUT2D eigenvalue weighted by molar-refractivity contribution is 0.324.